The molecule has 1 N–H and O–H groups in total. The summed E-state index contributed by atoms with van der Waals surface area (Å²) in [7, 11) is 11.0. The Bertz CT molecular complexity index is 1130. The van der Waals surface area contributed by atoms with E-state index in [-0.39, 0.29) is 5.75 Å². The first-order chi connectivity index (χ1) is 11.9. The van der Waals surface area contributed by atoms with E-state index in [1.165, 1.54) is 38.4 Å². The molecule has 0 aliphatic rings. The Labute approximate surface area is 151 Å². The fourth-order valence-corrected chi connectivity index (χ4v) is 3.93. The predicted molar refractivity (Wildman–Crippen MR) is 122 cm³/mol. The van der Waals surface area contributed by atoms with Crippen molar-refractivity contribution in [3.8, 4) is 16.9 Å². The molecule has 0 saturated carbocycles. The van der Waals surface area contributed by atoms with Crippen LogP contribution in [0.5, 0.6) is 5.75 Å². The summed E-state index contributed by atoms with van der Waals surface area (Å²) < 4.78 is 6.02. The molecule has 1 heterocycles. The largest absolute Gasteiger partial charge is 0.508 e. The summed E-state index contributed by atoms with van der Waals surface area (Å²) in [5, 5.41) is 12.0. The van der Waals surface area contributed by atoms with Crippen molar-refractivity contribution in [2.45, 2.75) is 0 Å². The summed E-state index contributed by atoms with van der Waals surface area (Å²) >= 11 is 0. The molecule has 0 fully saturated rings. The van der Waals surface area contributed by atoms with Crippen LogP contribution in [-0.2, 0) is 0 Å². The van der Waals surface area contributed by atoms with Gasteiger partial charge in [-0.1, -0.05) is 23.1 Å². The lowest BCUT2D eigenvalue weighted by atomic mass is 9.59. The molecular formula is C18H17B5O2. The number of fused-ring (bicyclic) bond motifs is 3. The van der Waals surface area contributed by atoms with Crippen LogP contribution in [-0.4, -0.2) is 44.3 Å². The molecule has 3 aromatic carbocycles. The summed E-state index contributed by atoms with van der Waals surface area (Å²) in [6.07, 6.45) is 0. The minimum absolute atomic E-state index is 0.259. The molecule has 0 amide bonds. The Morgan fingerprint density at radius 3 is 2.04 bits per heavy atom. The van der Waals surface area contributed by atoms with Gasteiger partial charge in [-0.15, -0.1) is 16.4 Å². The van der Waals surface area contributed by atoms with Gasteiger partial charge in [0.1, 0.15) is 56.1 Å². The quantitative estimate of drug-likeness (QED) is 0.366. The lowest BCUT2D eigenvalue weighted by molar-refractivity contribution is 0.476. The molecule has 116 valence electrons. The fraction of sp³-hybridized carbons (Fsp3) is 0. The van der Waals surface area contributed by atoms with E-state index in [0.717, 1.165) is 21.9 Å². The Morgan fingerprint density at radius 2 is 1.36 bits per heavy atom. The Kier molecular flexibility index (Phi) is 3.57. The summed E-state index contributed by atoms with van der Waals surface area (Å²) in [5.74, 6) is 0.259. The standard InChI is InChI=1S/C18H17B5O2/c19-14-13(15(20)17(22)18(23)16(14)21)8-2-1-3-11-12(8)9-6-7(24)4-5-10(9)25-11/h1-6,24H,19-23H2. The number of aromatic hydroxyl groups is 1. The number of hydrogen-bond donors (Lipinski definition) is 1. The molecule has 0 atom stereocenters. The average Bonchev–Trinajstić information content (AvgIpc) is 2.97. The molecule has 0 aliphatic carbocycles. The molecule has 0 bridgehead atoms. The van der Waals surface area contributed by atoms with Crippen LogP contribution in [0.4, 0.5) is 0 Å². The van der Waals surface area contributed by atoms with E-state index in [1.807, 2.05) is 18.2 Å². The van der Waals surface area contributed by atoms with Crippen LogP contribution < -0.4 is 27.3 Å². The third-order valence-electron chi connectivity index (χ3n) is 5.75. The lowest BCUT2D eigenvalue weighted by Crippen LogP contribution is -2.55. The van der Waals surface area contributed by atoms with E-state index in [0.29, 0.717) is 0 Å². The smallest absolute Gasteiger partial charge is 0.139 e. The first kappa shape index (κ1) is 16.1. The highest BCUT2D eigenvalue weighted by molar-refractivity contribution is 6.68. The van der Waals surface area contributed by atoms with Gasteiger partial charge in [0.25, 0.3) is 0 Å². The zero-order valence-electron chi connectivity index (χ0n) is 15.3. The van der Waals surface area contributed by atoms with Crippen LogP contribution >= 0.6 is 0 Å². The van der Waals surface area contributed by atoms with Crippen LogP contribution in [0.2, 0.25) is 0 Å². The molecular weight excluding hydrogens is 302 g/mol. The second-order valence-corrected chi connectivity index (χ2v) is 6.96. The van der Waals surface area contributed by atoms with Crippen molar-refractivity contribution >= 4 is 88.5 Å². The zero-order valence-corrected chi connectivity index (χ0v) is 15.3. The van der Waals surface area contributed by atoms with E-state index in [4.69, 9.17) is 4.42 Å². The molecule has 0 spiro atoms. The molecule has 4 aromatic rings. The number of hydrogen-bond acceptors (Lipinski definition) is 2. The van der Waals surface area contributed by atoms with Gasteiger partial charge >= 0.3 is 0 Å². The average molecular weight is 319 g/mol. The van der Waals surface area contributed by atoms with Crippen LogP contribution in [0.25, 0.3) is 33.1 Å². The number of furan rings is 1. The molecule has 25 heavy (non-hydrogen) atoms. The van der Waals surface area contributed by atoms with Gasteiger partial charge < -0.3 is 9.52 Å². The van der Waals surface area contributed by atoms with Gasteiger partial charge in [-0.25, -0.2) is 0 Å². The number of phenolic OH excluding ortho intramolecular Hbond substituents is 1. The molecule has 0 radical (unpaired) electrons. The second kappa shape index (κ2) is 5.55. The van der Waals surface area contributed by atoms with Crippen molar-refractivity contribution in [3.63, 3.8) is 0 Å². The van der Waals surface area contributed by atoms with Crippen LogP contribution in [0.1, 0.15) is 0 Å². The van der Waals surface area contributed by atoms with Crippen LogP contribution in [0, 0.1) is 0 Å². The number of benzene rings is 3. The molecule has 0 unspecified atom stereocenters. The first-order valence-corrected chi connectivity index (χ1v) is 8.61. The summed E-state index contributed by atoms with van der Waals surface area (Å²) in [6, 6.07) is 11.5. The monoisotopic (exact) mass is 320 g/mol. The Morgan fingerprint density at radius 1 is 0.720 bits per heavy atom. The molecule has 0 aliphatic heterocycles. The lowest BCUT2D eigenvalue weighted by Gasteiger charge is -2.21. The highest BCUT2D eigenvalue weighted by Crippen LogP contribution is 2.36. The van der Waals surface area contributed by atoms with Crippen molar-refractivity contribution in [1.82, 2.24) is 0 Å². The van der Waals surface area contributed by atoms with E-state index >= 15 is 0 Å². The van der Waals surface area contributed by atoms with Crippen LogP contribution in [0.3, 0.4) is 0 Å². The van der Waals surface area contributed by atoms with Crippen molar-refractivity contribution < 1.29 is 9.52 Å². The summed E-state index contributed by atoms with van der Waals surface area (Å²) in [4.78, 5) is 0. The van der Waals surface area contributed by atoms with Gasteiger partial charge in [-0.05, 0) is 35.4 Å². The highest BCUT2D eigenvalue weighted by atomic mass is 16.3. The van der Waals surface area contributed by atoms with Crippen molar-refractivity contribution in [2.24, 2.45) is 0 Å². The highest BCUT2D eigenvalue weighted by Gasteiger charge is 2.18. The Balaban J connectivity index is 2.20. The third-order valence-corrected chi connectivity index (χ3v) is 5.75. The Hall–Kier alpha value is -2.42. The molecule has 2 nitrogen and oxygen atoms in total. The number of phenols is 1. The van der Waals surface area contributed by atoms with Gasteiger partial charge in [0.05, 0.1) is 0 Å². The molecule has 1 aromatic heterocycles. The zero-order chi connectivity index (χ0) is 17.9. The van der Waals surface area contributed by atoms with E-state index in [2.05, 4.69) is 45.3 Å². The van der Waals surface area contributed by atoms with Crippen LogP contribution in [0.15, 0.2) is 40.8 Å². The van der Waals surface area contributed by atoms with Gasteiger partial charge in [0.2, 0.25) is 0 Å². The van der Waals surface area contributed by atoms with E-state index in [1.54, 1.807) is 12.1 Å². The molecule has 7 heteroatoms. The molecule has 0 saturated heterocycles. The maximum atomic E-state index is 9.96. The topological polar surface area (TPSA) is 33.4 Å². The van der Waals surface area contributed by atoms with E-state index in [9.17, 15) is 5.11 Å². The van der Waals surface area contributed by atoms with Crippen molar-refractivity contribution in [1.29, 1.82) is 0 Å². The SMILES string of the molecule is Bc1c(B)c(B)c(-c2cccc3oc4ccc(O)cc4c23)c(B)c1B. The third kappa shape index (κ3) is 2.26. The van der Waals surface area contributed by atoms with Gasteiger partial charge in [-0.2, -0.15) is 0 Å². The van der Waals surface area contributed by atoms with Crippen molar-refractivity contribution in [3.05, 3.63) is 36.4 Å². The number of rotatable bonds is 1. The van der Waals surface area contributed by atoms with Crippen molar-refractivity contribution in [2.75, 3.05) is 0 Å². The minimum atomic E-state index is 0.259. The fourth-order valence-electron chi connectivity index (χ4n) is 3.93. The predicted octanol–water partition coefficient (Wildman–Crippen LogP) is -3.75. The maximum Gasteiger partial charge on any atom is 0.139 e. The van der Waals surface area contributed by atoms with Gasteiger partial charge in [0, 0.05) is 10.8 Å². The first-order valence-electron chi connectivity index (χ1n) is 8.61. The second-order valence-electron chi connectivity index (χ2n) is 6.96. The van der Waals surface area contributed by atoms with Gasteiger partial charge in [0.15, 0.2) is 0 Å². The summed E-state index contributed by atoms with van der Waals surface area (Å²) in [6.45, 7) is 0. The maximum absolute atomic E-state index is 9.96. The minimum Gasteiger partial charge on any atom is -0.508 e. The normalized spacial score (nSPS) is 11.4. The van der Waals surface area contributed by atoms with Gasteiger partial charge in [-0.3, -0.25) is 0 Å². The molecule has 4 rings (SSSR count). The van der Waals surface area contributed by atoms with E-state index < -0.39 is 0 Å². The summed E-state index contributed by atoms with van der Waals surface area (Å²) in [5.41, 5.74) is 10.8.